The smallest absolute Gasteiger partial charge is 0.320 e. The first-order valence-electron chi connectivity index (χ1n) is 4.56. The molecule has 0 aromatic heterocycles. The molecular formula is C9H15NO6. The molecule has 92 valence electrons. The maximum atomic E-state index is 10.8. The number of hydrogen-bond donors (Lipinski definition) is 2. The summed E-state index contributed by atoms with van der Waals surface area (Å²) in [7, 11) is 0. The highest BCUT2D eigenvalue weighted by molar-refractivity contribution is 5.73. The van der Waals surface area contributed by atoms with E-state index in [0.717, 1.165) is 13.8 Å². The van der Waals surface area contributed by atoms with Crippen LogP contribution in [0.25, 0.3) is 0 Å². The molecule has 0 spiro atoms. The van der Waals surface area contributed by atoms with Gasteiger partial charge in [0.1, 0.15) is 6.04 Å². The molecule has 0 amide bonds. The minimum absolute atomic E-state index is 0.700. The molecule has 1 unspecified atom stereocenters. The van der Waals surface area contributed by atoms with Crippen molar-refractivity contribution < 1.29 is 29.0 Å². The van der Waals surface area contributed by atoms with Crippen LogP contribution in [0.5, 0.6) is 0 Å². The van der Waals surface area contributed by atoms with Crippen LogP contribution in [0.2, 0.25) is 0 Å². The predicted octanol–water partition coefficient (Wildman–Crippen LogP) is -0.151. The van der Waals surface area contributed by atoms with Crippen molar-refractivity contribution in [1.29, 1.82) is 0 Å². The van der Waals surface area contributed by atoms with Crippen LogP contribution in [0, 0.1) is 0 Å². The summed E-state index contributed by atoms with van der Waals surface area (Å²) < 4.78 is 9.43. The molecular weight excluding hydrogens is 218 g/mol. The molecule has 0 saturated carbocycles. The quantitative estimate of drug-likeness (QED) is 0.502. The summed E-state index contributed by atoms with van der Waals surface area (Å²) in [6.45, 7) is 4.81. The Bertz CT molecular complexity index is 284. The highest BCUT2D eigenvalue weighted by Crippen LogP contribution is 2.10. The molecule has 16 heavy (non-hydrogen) atoms. The molecule has 0 aliphatic heterocycles. The molecule has 0 aromatic carbocycles. The summed E-state index contributed by atoms with van der Waals surface area (Å²) >= 11 is 0. The highest BCUT2D eigenvalue weighted by atomic mass is 16.7. The van der Waals surface area contributed by atoms with Crippen molar-refractivity contribution in [2.24, 2.45) is 0 Å². The molecule has 0 saturated heterocycles. The Labute approximate surface area is 92.7 Å². The van der Waals surface area contributed by atoms with Crippen LogP contribution in [0.15, 0.2) is 0 Å². The summed E-state index contributed by atoms with van der Waals surface area (Å²) in [5.74, 6) is -4.34. The molecule has 0 aliphatic rings. The molecule has 1 atom stereocenters. The van der Waals surface area contributed by atoms with Crippen molar-refractivity contribution in [3.8, 4) is 0 Å². The van der Waals surface area contributed by atoms with Crippen molar-refractivity contribution in [3.63, 3.8) is 0 Å². The summed E-state index contributed by atoms with van der Waals surface area (Å²) in [5, 5.41) is 11.0. The number of aliphatic carboxylic acids is 1. The molecule has 7 heteroatoms. The largest absolute Gasteiger partial charge is 0.480 e. The molecule has 0 aliphatic carbocycles. The number of hydrogen-bond acceptors (Lipinski definition) is 6. The van der Waals surface area contributed by atoms with Crippen LogP contribution in [0.3, 0.4) is 0 Å². The zero-order chi connectivity index (χ0) is 12.9. The van der Waals surface area contributed by atoms with Gasteiger partial charge < -0.3 is 14.6 Å². The van der Waals surface area contributed by atoms with Gasteiger partial charge in [-0.1, -0.05) is 0 Å². The SMILES string of the molecule is CC(=O)OC(C)(NC(C)C(=O)O)OC(C)=O. The number of carbonyl (C=O) groups excluding carboxylic acids is 2. The van der Waals surface area contributed by atoms with Crippen LogP contribution in [-0.4, -0.2) is 35.0 Å². The third kappa shape index (κ3) is 5.30. The average molecular weight is 233 g/mol. The van der Waals surface area contributed by atoms with Crippen LogP contribution < -0.4 is 5.32 Å². The Kier molecular flexibility index (Phi) is 4.90. The van der Waals surface area contributed by atoms with E-state index in [1.807, 2.05) is 0 Å². The number of ether oxygens (including phenoxy) is 2. The second-order valence-corrected chi connectivity index (χ2v) is 3.34. The van der Waals surface area contributed by atoms with Gasteiger partial charge >= 0.3 is 23.8 Å². The van der Waals surface area contributed by atoms with E-state index in [9.17, 15) is 14.4 Å². The van der Waals surface area contributed by atoms with Crippen LogP contribution in [0.4, 0.5) is 0 Å². The minimum Gasteiger partial charge on any atom is -0.480 e. The van der Waals surface area contributed by atoms with Crippen molar-refractivity contribution >= 4 is 17.9 Å². The van der Waals surface area contributed by atoms with E-state index in [-0.39, 0.29) is 0 Å². The zero-order valence-corrected chi connectivity index (χ0v) is 9.57. The maximum absolute atomic E-state index is 10.8. The topological polar surface area (TPSA) is 102 Å². The number of rotatable bonds is 5. The van der Waals surface area contributed by atoms with Gasteiger partial charge in [-0.15, -0.1) is 0 Å². The fourth-order valence-corrected chi connectivity index (χ4v) is 1.08. The Hall–Kier alpha value is -1.63. The minimum atomic E-state index is -1.78. The number of carbonyl (C=O) groups is 3. The van der Waals surface area contributed by atoms with E-state index < -0.39 is 29.9 Å². The van der Waals surface area contributed by atoms with Gasteiger partial charge in [-0.2, -0.15) is 0 Å². The molecule has 7 nitrogen and oxygen atoms in total. The lowest BCUT2D eigenvalue weighted by atomic mass is 10.3. The van der Waals surface area contributed by atoms with Crippen LogP contribution in [-0.2, 0) is 23.9 Å². The molecule has 0 aromatic rings. The van der Waals surface area contributed by atoms with Gasteiger partial charge in [-0.25, -0.2) is 5.32 Å². The summed E-state index contributed by atoms with van der Waals surface area (Å²) in [5.41, 5.74) is 0. The molecule has 0 bridgehead atoms. The highest BCUT2D eigenvalue weighted by Gasteiger charge is 2.34. The summed E-state index contributed by atoms with van der Waals surface area (Å²) in [6, 6.07) is -1.04. The first kappa shape index (κ1) is 14.4. The third-order valence-electron chi connectivity index (χ3n) is 1.53. The van der Waals surface area contributed by atoms with Gasteiger partial charge in [0.25, 0.3) is 0 Å². The fourth-order valence-electron chi connectivity index (χ4n) is 1.08. The number of nitrogens with one attached hydrogen (secondary N) is 1. The van der Waals surface area contributed by atoms with E-state index in [0.29, 0.717) is 0 Å². The van der Waals surface area contributed by atoms with E-state index in [1.165, 1.54) is 13.8 Å². The normalized spacial score (nSPS) is 12.8. The standard InChI is InChI=1S/C9H15NO6/c1-5(8(13)14)10-9(4,15-6(2)11)16-7(3)12/h5,10H,1-4H3,(H,13,14). The van der Waals surface area contributed by atoms with Crippen molar-refractivity contribution in [1.82, 2.24) is 5.32 Å². The van der Waals surface area contributed by atoms with E-state index >= 15 is 0 Å². The maximum Gasteiger partial charge on any atom is 0.320 e. The average Bonchev–Trinajstić information content (AvgIpc) is 1.98. The van der Waals surface area contributed by atoms with Gasteiger partial charge in [0, 0.05) is 20.8 Å². The Morgan fingerprint density at radius 2 is 1.56 bits per heavy atom. The number of carboxylic acid groups (broad SMARTS) is 1. The van der Waals surface area contributed by atoms with E-state index in [4.69, 9.17) is 14.6 Å². The van der Waals surface area contributed by atoms with E-state index in [1.54, 1.807) is 0 Å². The summed E-state index contributed by atoms with van der Waals surface area (Å²) in [4.78, 5) is 32.2. The van der Waals surface area contributed by atoms with Crippen molar-refractivity contribution in [3.05, 3.63) is 0 Å². The zero-order valence-electron chi connectivity index (χ0n) is 9.57. The van der Waals surface area contributed by atoms with Crippen molar-refractivity contribution in [2.45, 2.75) is 39.6 Å². The molecule has 2 N–H and O–H groups in total. The Morgan fingerprint density at radius 3 is 1.81 bits per heavy atom. The molecule has 0 heterocycles. The second-order valence-electron chi connectivity index (χ2n) is 3.34. The fraction of sp³-hybridized carbons (Fsp3) is 0.667. The first-order valence-corrected chi connectivity index (χ1v) is 4.56. The Balaban J connectivity index is 4.71. The van der Waals surface area contributed by atoms with Gasteiger partial charge in [0.15, 0.2) is 0 Å². The number of carboxylic acids is 1. The summed E-state index contributed by atoms with van der Waals surface area (Å²) in [6.07, 6.45) is 0. The first-order chi connectivity index (χ1) is 7.16. The lowest BCUT2D eigenvalue weighted by molar-refractivity contribution is -0.234. The van der Waals surface area contributed by atoms with E-state index in [2.05, 4.69) is 5.32 Å². The third-order valence-corrected chi connectivity index (χ3v) is 1.53. The van der Waals surface area contributed by atoms with Crippen LogP contribution >= 0.6 is 0 Å². The van der Waals surface area contributed by atoms with Gasteiger partial charge in [0.2, 0.25) is 0 Å². The van der Waals surface area contributed by atoms with Gasteiger partial charge in [-0.3, -0.25) is 14.4 Å². The number of esters is 2. The monoisotopic (exact) mass is 233 g/mol. The van der Waals surface area contributed by atoms with Gasteiger partial charge in [-0.05, 0) is 6.92 Å². The van der Waals surface area contributed by atoms with Crippen molar-refractivity contribution in [2.75, 3.05) is 0 Å². The Morgan fingerprint density at radius 1 is 1.19 bits per heavy atom. The van der Waals surface area contributed by atoms with Gasteiger partial charge in [0.05, 0.1) is 0 Å². The lowest BCUT2D eigenvalue weighted by Gasteiger charge is -2.30. The predicted molar refractivity (Wildman–Crippen MR) is 52.2 cm³/mol. The molecule has 0 radical (unpaired) electrons. The molecule has 0 rings (SSSR count). The van der Waals surface area contributed by atoms with Crippen LogP contribution in [0.1, 0.15) is 27.7 Å². The second kappa shape index (κ2) is 5.45. The molecule has 0 fully saturated rings. The lowest BCUT2D eigenvalue weighted by Crippen LogP contribution is -2.55.